The third-order valence-corrected chi connectivity index (χ3v) is 3.40. The summed E-state index contributed by atoms with van der Waals surface area (Å²) in [5.41, 5.74) is -1.43. The zero-order valence-electron chi connectivity index (χ0n) is 9.36. The first-order chi connectivity index (χ1) is 8.84. The fraction of sp³-hybridized carbons (Fsp3) is 0.0833. The summed E-state index contributed by atoms with van der Waals surface area (Å²) in [5, 5.41) is 0. The van der Waals surface area contributed by atoms with Gasteiger partial charge in [-0.05, 0) is 19.1 Å². The third-order valence-electron chi connectivity index (χ3n) is 2.40. The van der Waals surface area contributed by atoms with E-state index >= 15 is 0 Å². The zero-order chi connectivity index (χ0) is 14.3. The second-order valence-electron chi connectivity index (χ2n) is 3.68. The molecule has 0 spiro atoms. The molecule has 0 N–H and O–H groups in total. The van der Waals surface area contributed by atoms with Crippen molar-refractivity contribution in [1.82, 2.24) is 0 Å². The van der Waals surface area contributed by atoms with E-state index in [1.54, 1.807) is 6.92 Å². The first-order valence-electron chi connectivity index (χ1n) is 4.97. The van der Waals surface area contributed by atoms with Crippen molar-refractivity contribution >= 4 is 17.1 Å². The molecule has 0 radical (unpaired) electrons. The Kier molecular flexibility index (Phi) is 3.40. The fourth-order valence-electron chi connectivity index (χ4n) is 1.48. The molecular weight excluding hydrogens is 287 g/mol. The van der Waals surface area contributed by atoms with Crippen LogP contribution in [0.1, 0.15) is 20.1 Å². The summed E-state index contributed by atoms with van der Waals surface area (Å²) in [6.45, 7) is 1.64. The van der Waals surface area contributed by atoms with Crippen molar-refractivity contribution < 1.29 is 26.7 Å². The predicted octanol–water partition coefficient (Wildman–Crippen LogP) is 3.98. The highest BCUT2D eigenvalue weighted by Crippen LogP contribution is 2.27. The zero-order valence-corrected chi connectivity index (χ0v) is 10.2. The highest BCUT2D eigenvalue weighted by Gasteiger charge is 2.30. The maximum atomic E-state index is 13.4. The van der Waals surface area contributed by atoms with E-state index in [1.807, 2.05) is 0 Å². The van der Waals surface area contributed by atoms with Gasteiger partial charge in [0, 0.05) is 4.88 Å². The number of hydrogen-bond acceptors (Lipinski definition) is 2. The predicted molar refractivity (Wildman–Crippen MR) is 58.7 cm³/mol. The highest BCUT2D eigenvalue weighted by atomic mass is 32.1. The Hall–Kier alpha value is -1.76. The maximum Gasteiger partial charge on any atom is 0.209 e. The van der Waals surface area contributed by atoms with E-state index in [-0.39, 0.29) is 4.88 Å². The first-order valence-corrected chi connectivity index (χ1v) is 5.78. The van der Waals surface area contributed by atoms with Gasteiger partial charge in [-0.2, -0.15) is 0 Å². The van der Waals surface area contributed by atoms with Gasteiger partial charge in [0.25, 0.3) is 0 Å². The molecule has 19 heavy (non-hydrogen) atoms. The average molecular weight is 292 g/mol. The van der Waals surface area contributed by atoms with Crippen LogP contribution in [0, 0.1) is 36.0 Å². The Labute approximate surface area is 108 Å². The van der Waals surface area contributed by atoms with Crippen LogP contribution in [0.25, 0.3) is 0 Å². The molecule has 1 aromatic heterocycles. The number of rotatable bonds is 2. The molecule has 100 valence electrons. The number of benzene rings is 1. The Morgan fingerprint density at radius 2 is 1.37 bits per heavy atom. The molecule has 0 atom stereocenters. The highest BCUT2D eigenvalue weighted by molar-refractivity contribution is 7.14. The molecule has 0 bridgehead atoms. The molecule has 0 aliphatic carbocycles. The molecule has 7 heteroatoms. The van der Waals surface area contributed by atoms with Crippen LogP contribution in [0.15, 0.2) is 12.1 Å². The minimum absolute atomic E-state index is 0.0966. The second-order valence-corrected chi connectivity index (χ2v) is 4.97. The van der Waals surface area contributed by atoms with Gasteiger partial charge in [-0.15, -0.1) is 11.3 Å². The van der Waals surface area contributed by atoms with Crippen LogP contribution in [0.4, 0.5) is 22.0 Å². The summed E-state index contributed by atoms with van der Waals surface area (Å²) in [5.74, 6) is -12.0. The molecule has 0 aliphatic rings. The van der Waals surface area contributed by atoms with Crippen LogP contribution in [-0.4, -0.2) is 5.78 Å². The van der Waals surface area contributed by atoms with Gasteiger partial charge >= 0.3 is 0 Å². The number of hydrogen-bond donors (Lipinski definition) is 0. The minimum atomic E-state index is -2.28. The molecular formula is C12H5F5OS. The topological polar surface area (TPSA) is 17.1 Å². The van der Waals surface area contributed by atoms with Gasteiger partial charge in [0.1, 0.15) is 5.56 Å². The number of thiophene rings is 1. The number of carbonyl (C=O) groups excluding carboxylic acids is 1. The summed E-state index contributed by atoms with van der Waals surface area (Å²) < 4.78 is 65.6. The lowest BCUT2D eigenvalue weighted by Gasteiger charge is -2.06. The van der Waals surface area contributed by atoms with Crippen molar-refractivity contribution in [2.45, 2.75) is 6.92 Å². The van der Waals surface area contributed by atoms with Crippen LogP contribution in [0.5, 0.6) is 0 Å². The molecule has 0 aliphatic heterocycles. The molecule has 1 heterocycles. The van der Waals surface area contributed by atoms with Crippen LogP contribution >= 0.6 is 11.3 Å². The summed E-state index contributed by atoms with van der Waals surface area (Å²) in [6, 6.07) is 2.77. The lowest BCUT2D eigenvalue weighted by Crippen LogP contribution is -2.12. The van der Waals surface area contributed by atoms with Crippen LogP contribution in [0.3, 0.4) is 0 Å². The van der Waals surface area contributed by atoms with E-state index in [0.717, 1.165) is 11.3 Å². The van der Waals surface area contributed by atoms with Gasteiger partial charge in [-0.3, -0.25) is 4.79 Å². The molecule has 2 rings (SSSR count). The molecule has 0 fully saturated rings. The van der Waals surface area contributed by atoms with Gasteiger partial charge in [0.05, 0.1) is 4.88 Å². The number of halogens is 5. The van der Waals surface area contributed by atoms with E-state index in [1.165, 1.54) is 12.1 Å². The molecule has 2 aromatic rings. The quantitative estimate of drug-likeness (QED) is 0.354. The molecule has 0 saturated heterocycles. The van der Waals surface area contributed by atoms with Gasteiger partial charge in [-0.1, -0.05) is 0 Å². The largest absolute Gasteiger partial charge is 0.287 e. The number of aryl methyl sites for hydroxylation is 1. The van der Waals surface area contributed by atoms with E-state index in [4.69, 9.17) is 0 Å². The number of carbonyl (C=O) groups is 1. The lowest BCUT2D eigenvalue weighted by atomic mass is 10.1. The minimum Gasteiger partial charge on any atom is -0.287 e. The Morgan fingerprint density at radius 1 is 0.895 bits per heavy atom. The fourth-order valence-corrected chi connectivity index (χ4v) is 2.30. The van der Waals surface area contributed by atoms with Crippen molar-refractivity contribution in [2.75, 3.05) is 0 Å². The van der Waals surface area contributed by atoms with Crippen molar-refractivity contribution in [3.05, 3.63) is 56.5 Å². The lowest BCUT2D eigenvalue weighted by molar-refractivity contribution is 0.103. The number of ketones is 1. The normalized spacial score (nSPS) is 10.8. The van der Waals surface area contributed by atoms with Crippen molar-refractivity contribution in [3.63, 3.8) is 0 Å². The van der Waals surface area contributed by atoms with Crippen molar-refractivity contribution in [1.29, 1.82) is 0 Å². The molecule has 0 saturated carbocycles. The second kappa shape index (κ2) is 4.73. The average Bonchev–Trinajstić information content (AvgIpc) is 2.81. The van der Waals surface area contributed by atoms with Gasteiger partial charge < -0.3 is 0 Å². The van der Waals surface area contributed by atoms with Crippen LogP contribution in [0.2, 0.25) is 0 Å². The molecule has 1 nitrogen and oxygen atoms in total. The molecule has 1 aromatic carbocycles. The van der Waals surface area contributed by atoms with Gasteiger partial charge in [0.15, 0.2) is 23.3 Å². The van der Waals surface area contributed by atoms with Gasteiger partial charge in [-0.25, -0.2) is 22.0 Å². The molecule has 0 unspecified atom stereocenters. The summed E-state index contributed by atoms with van der Waals surface area (Å²) >= 11 is 0.902. The monoisotopic (exact) mass is 292 g/mol. The van der Waals surface area contributed by atoms with Crippen LogP contribution in [-0.2, 0) is 0 Å². The van der Waals surface area contributed by atoms with E-state index < -0.39 is 40.4 Å². The smallest absolute Gasteiger partial charge is 0.209 e. The van der Waals surface area contributed by atoms with E-state index in [9.17, 15) is 26.7 Å². The standard InChI is InChI=1S/C12H5F5OS/c1-4-2-3-5(19-4)12(18)6-7(13)9(15)11(17)10(16)8(6)14/h2-3H,1H3. The summed E-state index contributed by atoms with van der Waals surface area (Å²) in [4.78, 5) is 12.4. The first kappa shape index (κ1) is 13.7. The Balaban J connectivity index is 2.66. The van der Waals surface area contributed by atoms with E-state index in [0.29, 0.717) is 4.88 Å². The summed E-state index contributed by atoms with van der Waals surface area (Å²) in [7, 11) is 0. The maximum absolute atomic E-state index is 13.4. The summed E-state index contributed by atoms with van der Waals surface area (Å²) in [6.07, 6.45) is 0. The molecule has 0 amide bonds. The Morgan fingerprint density at radius 3 is 1.79 bits per heavy atom. The van der Waals surface area contributed by atoms with Crippen molar-refractivity contribution in [2.24, 2.45) is 0 Å². The van der Waals surface area contributed by atoms with Crippen LogP contribution < -0.4 is 0 Å². The van der Waals surface area contributed by atoms with E-state index in [2.05, 4.69) is 0 Å². The third kappa shape index (κ3) is 2.14. The SMILES string of the molecule is Cc1ccc(C(=O)c2c(F)c(F)c(F)c(F)c2F)s1. The Bertz CT molecular complexity index is 648. The van der Waals surface area contributed by atoms with Gasteiger partial charge in [0.2, 0.25) is 11.6 Å². The van der Waals surface area contributed by atoms with Crippen molar-refractivity contribution in [3.8, 4) is 0 Å².